The maximum atomic E-state index is 11.9. The van der Waals surface area contributed by atoms with Gasteiger partial charge in [-0.25, -0.2) is 0 Å². The Balaban J connectivity index is 2.62. The smallest absolute Gasteiger partial charge is 0.264 e. The number of amidine groups is 1. The van der Waals surface area contributed by atoms with E-state index in [4.69, 9.17) is 5.21 Å². The molecule has 1 aliphatic rings. The first-order chi connectivity index (χ1) is 10.9. The molecule has 1 aliphatic heterocycles. The van der Waals surface area contributed by atoms with Gasteiger partial charge in [0.25, 0.3) is 5.91 Å². The lowest BCUT2D eigenvalue weighted by molar-refractivity contribution is -0.115. The number of nitrogens with one attached hydrogen (secondary N) is 1. The van der Waals surface area contributed by atoms with Gasteiger partial charge in [-0.2, -0.15) is 0 Å². The highest BCUT2D eigenvalue weighted by atomic mass is 32.2. The Kier molecular flexibility index (Phi) is 4.72. The monoisotopic (exact) mass is 348 g/mol. The maximum absolute atomic E-state index is 11.9. The second-order valence-electron chi connectivity index (χ2n) is 7.93. The Bertz CT molecular complexity index is 703. The molecule has 2 rings (SSSR count). The summed E-state index contributed by atoms with van der Waals surface area (Å²) in [5.41, 5.74) is 2.03. The molecule has 0 radical (unpaired) electrons. The SMILES string of the molecule is CC(C)(C)c1cc(/C=C2\S/C(=N/O)NC2=O)cc(C(C)(C)C)c1O. The average molecular weight is 348 g/mol. The number of hydrogen-bond donors (Lipinski definition) is 3. The van der Waals surface area contributed by atoms with Crippen LogP contribution in [0.2, 0.25) is 0 Å². The van der Waals surface area contributed by atoms with Crippen LogP contribution in [0.5, 0.6) is 5.75 Å². The van der Waals surface area contributed by atoms with Gasteiger partial charge in [-0.15, -0.1) is 0 Å². The molecular formula is C18H24N2O3S. The second-order valence-corrected chi connectivity index (χ2v) is 8.97. The standard InChI is InChI=1S/C18H24N2O3S/c1-17(2,3)11-7-10(8-12(14(11)21)18(4,5)6)9-13-15(22)19-16(20-23)24-13/h7-9,21,23H,1-6H3,(H,19,20,22)/b13-9-. The van der Waals surface area contributed by atoms with Crippen molar-refractivity contribution in [2.45, 2.75) is 52.4 Å². The predicted octanol–water partition coefficient (Wildman–Crippen LogP) is 3.94. The van der Waals surface area contributed by atoms with Crippen molar-refractivity contribution in [1.82, 2.24) is 5.32 Å². The molecule has 0 aliphatic carbocycles. The summed E-state index contributed by atoms with van der Waals surface area (Å²) in [5, 5.41) is 25.2. The molecule has 0 atom stereocenters. The van der Waals surface area contributed by atoms with Crippen LogP contribution in [-0.4, -0.2) is 21.4 Å². The van der Waals surface area contributed by atoms with Crippen LogP contribution in [0.25, 0.3) is 6.08 Å². The molecule has 5 nitrogen and oxygen atoms in total. The predicted molar refractivity (Wildman–Crippen MR) is 98.4 cm³/mol. The quantitative estimate of drug-likeness (QED) is 0.408. The largest absolute Gasteiger partial charge is 0.507 e. The highest BCUT2D eigenvalue weighted by Crippen LogP contribution is 2.40. The third-order valence-corrected chi connectivity index (χ3v) is 4.69. The zero-order valence-corrected chi connectivity index (χ0v) is 15.7. The van der Waals surface area contributed by atoms with Gasteiger partial charge in [0.15, 0.2) is 0 Å². The molecule has 0 spiro atoms. The molecule has 0 bridgehead atoms. The van der Waals surface area contributed by atoms with E-state index in [9.17, 15) is 9.90 Å². The summed E-state index contributed by atoms with van der Waals surface area (Å²) in [6, 6.07) is 3.80. The molecule has 1 aromatic carbocycles. The summed E-state index contributed by atoms with van der Waals surface area (Å²) in [7, 11) is 0. The van der Waals surface area contributed by atoms with E-state index in [1.807, 2.05) is 53.7 Å². The Morgan fingerprint density at radius 2 is 1.58 bits per heavy atom. The molecule has 6 heteroatoms. The van der Waals surface area contributed by atoms with Crippen molar-refractivity contribution in [2.24, 2.45) is 5.16 Å². The summed E-state index contributed by atoms with van der Waals surface area (Å²) in [5.74, 6) is 0.00813. The lowest BCUT2D eigenvalue weighted by Gasteiger charge is -2.28. The van der Waals surface area contributed by atoms with Crippen LogP contribution >= 0.6 is 11.8 Å². The van der Waals surface area contributed by atoms with E-state index >= 15 is 0 Å². The maximum Gasteiger partial charge on any atom is 0.264 e. The van der Waals surface area contributed by atoms with E-state index in [-0.39, 0.29) is 21.9 Å². The number of phenols is 1. The van der Waals surface area contributed by atoms with Gasteiger partial charge < -0.3 is 10.3 Å². The number of rotatable bonds is 1. The number of nitrogens with zero attached hydrogens (tertiary/aromatic N) is 1. The molecule has 24 heavy (non-hydrogen) atoms. The Hall–Kier alpha value is -1.95. The van der Waals surface area contributed by atoms with Crippen molar-refractivity contribution in [2.75, 3.05) is 0 Å². The first-order valence-electron chi connectivity index (χ1n) is 7.74. The number of oxime groups is 1. The molecule has 3 N–H and O–H groups in total. The van der Waals surface area contributed by atoms with Crippen LogP contribution in [0, 0.1) is 0 Å². The third kappa shape index (κ3) is 3.75. The van der Waals surface area contributed by atoms with E-state index in [2.05, 4.69) is 10.5 Å². The van der Waals surface area contributed by atoms with Crippen LogP contribution < -0.4 is 5.32 Å². The van der Waals surface area contributed by atoms with Crippen LogP contribution in [-0.2, 0) is 15.6 Å². The first kappa shape index (κ1) is 18.4. The van der Waals surface area contributed by atoms with E-state index < -0.39 is 0 Å². The molecule has 1 saturated heterocycles. The minimum atomic E-state index is -0.296. The second kappa shape index (κ2) is 6.16. The fourth-order valence-electron chi connectivity index (χ4n) is 2.51. The summed E-state index contributed by atoms with van der Waals surface area (Å²) in [4.78, 5) is 12.4. The highest BCUT2D eigenvalue weighted by Gasteiger charge is 2.28. The summed E-state index contributed by atoms with van der Waals surface area (Å²) < 4.78 is 0. The van der Waals surface area contributed by atoms with E-state index in [1.54, 1.807) is 6.08 Å². The fourth-order valence-corrected chi connectivity index (χ4v) is 3.24. The molecular weight excluding hydrogens is 324 g/mol. The van der Waals surface area contributed by atoms with E-state index in [1.165, 1.54) is 0 Å². The van der Waals surface area contributed by atoms with E-state index in [0.717, 1.165) is 28.5 Å². The topological polar surface area (TPSA) is 81.9 Å². The number of carbonyl (C=O) groups excluding carboxylic acids is 1. The fraction of sp³-hybridized carbons (Fsp3) is 0.444. The van der Waals surface area contributed by atoms with Gasteiger partial charge in [0.05, 0.1) is 4.91 Å². The molecule has 1 aromatic rings. The zero-order valence-electron chi connectivity index (χ0n) is 14.9. The minimum absolute atomic E-state index is 0.164. The number of benzene rings is 1. The molecule has 130 valence electrons. The van der Waals surface area contributed by atoms with Crippen LogP contribution in [0.15, 0.2) is 22.2 Å². The van der Waals surface area contributed by atoms with Crippen molar-refractivity contribution in [3.8, 4) is 5.75 Å². The van der Waals surface area contributed by atoms with Crippen molar-refractivity contribution in [1.29, 1.82) is 0 Å². The molecule has 0 unspecified atom stereocenters. The van der Waals surface area contributed by atoms with Crippen LogP contribution in [0.3, 0.4) is 0 Å². The number of thioether (sulfide) groups is 1. The van der Waals surface area contributed by atoms with Crippen molar-refractivity contribution < 1.29 is 15.1 Å². The molecule has 0 saturated carbocycles. The lowest BCUT2D eigenvalue weighted by Crippen LogP contribution is -2.19. The molecule has 1 heterocycles. The zero-order chi connectivity index (χ0) is 18.3. The van der Waals surface area contributed by atoms with Gasteiger partial charge in [0, 0.05) is 11.1 Å². The summed E-state index contributed by atoms with van der Waals surface area (Å²) in [6.07, 6.45) is 1.75. The third-order valence-electron chi connectivity index (χ3n) is 3.79. The highest BCUT2D eigenvalue weighted by molar-refractivity contribution is 8.18. The van der Waals surface area contributed by atoms with Gasteiger partial charge in [-0.3, -0.25) is 10.1 Å². The summed E-state index contributed by atoms with van der Waals surface area (Å²) >= 11 is 1.08. The molecule has 1 amide bonds. The normalized spacial score (nSPS) is 19.2. The van der Waals surface area contributed by atoms with Crippen molar-refractivity contribution in [3.05, 3.63) is 33.7 Å². The van der Waals surface area contributed by atoms with Gasteiger partial charge >= 0.3 is 0 Å². The van der Waals surface area contributed by atoms with Crippen LogP contribution in [0.4, 0.5) is 0 Å². The number of amides is 1. The number of phenolic OH excluding ortho intramolecular Hbond substituents is 1. The Morgan fingerprint density at radius 1 is 1.08 bits per heavy atom. The molecule has 1 fully saturated rings. The summed E-state index contributed by atoms with van der Waals surface area (Å²) in [6.45, 7) is 12.2. The van der Waals surface area contributed by atoms with Gasteiger partial charge in [0.2, 0.25) is 5.17 Å². The number of aromatic hydroxyl groups is 1. The number of carbonyl (C=O) groups is 1. The lowest BCUT2D eigenvalue weighted by atomic mass is 9.78. The van der Waals surface area contributed by atoms with Crippen molar-refractivity contribution in [3.63, 3.8) is 0 Å². The number of hydrogen-bond acceptors (Lipinski definition) is 5. The van der Waals surface area contributed by atoms with Gasteiger partial charge in [0.1, 0.15) is 5.75 Å². The molecule has 0 aromatic heterocycles. The minimum Gasteiger partial charge on any atom is -0.507 e. The Labute approximate surface area is 146 Å². The Morgan fingerprint density at radius 3 is 1.96 bits per heavy atom. The average Bonchev–Trinajstić information content (AvgIpc) is 2.78. The van der Waals surface area contributed by atoms with Crippen molar-refractivity contribution >= 4 is 28.9 Å². The van der Waals surface area contributed by atoms with Gasteiger partial charge in [-0.1, -0.05) is 46.7 Å². The van der Waals surface area contributed by atoms with Gasteiger partial charge in [-0.05, 0) is 46.4 Å². The van der Waals surface area contributed by atoms with E-state index in [0.29, 0.717) is 10.7 Å². The first-order valence-corrected chi connectivity index (χ1v) is 8.56. The van der Waals surface area contributed by atoms with Crippen LogP contribution in [0.1, 0.15) is 58.2 Å².